The number of esters is 3. The van der Waals surface area contributed by atoms with Crippen molar-refractivity contribution >= 4 is 35.9 Å². The molecule has 2 heterocycles. The van der Waals surface area contributed by atoms with E-state index < -0.39 is 130 Å². The molecule has 4 fully saturated rings. The quantitative estimate of drug-likeness (QED) is 0.0513. The van der Waals surface area contributed by atoms with Crippen LogP contribution >= 0.6 is 0 Å². The van der Waals surface area contributed by atoms with E-state index in [0.29, 0.717) is 24.0 Å². The fraction of sp³-hybridized carbons (Fsp3) is 0.667. The van der Waals surface area contributed by atoms with Crippen LogP contribution in [0.4, 0.5) is 9.59 Å². The monoisotopic (exact) mass is 1110 g/mol. The fourth-order valence-corrected chi connectivity index (χ4v) is 12.8. The Morgan fingerprint density at radius 1 is 0.873 bits per heavy atom. The molecule has 79 heavy (non-hydrogen) atoms. The van der Waals surface area contributed by atoms with Gasteiger partial charge in [0.05, 0.1) is 36.2 Å². The Morgan fingerprint density at radius 3 is 2.06 bits per heavy atom. The average Bonchev–Trinajstić information content (AvgIpc) is 3.65. The van der Waals surface area contributed by atoms with Crippen molar-refractivity contribution in [1.82, 2.24) is 5.32 Å². The number of methoxy groups -OCH3 is 2. The second-order valence-corrected chi connectivity index (χ2v) is 23.5. The third-order valence-corrected chi connectivity index (χ3v) is 16.9. The molecule has 7 rings (SSSR count). The molecular weight excluding hydrogens is 1020 g/mol. The van der Waals surface area contributed by atoms with Crippen LogP contribution < -0.4 is 5.32 Å². The number of ether oxygens (including phenoxy) is 11. The molecule has 2 bridgehead atoms. The molecule has 0 radical (unpaired) electrons. The fourth-order valence-electron chi connectivity index (χ4n) is 12.8. The van der Waals surface area contributed by atoms with Crippen LogP contribution in [0, 0.1) is 16.7 Å². The highest BCUT2D eigenvalue weighted by Gasteiger charge is 2.78. The summed E-state index contributed by atoms with van der Waals surface area (Å²) in [5, 5.41) is 16.8. The van der Waals surface area contributed by atoms with Crippen LogP contribution in [0.5, 0.6) is 0 Å². The lowest BCUT2D eigenvalue weighted by atomic mass is 9.44. The number of hydrogen-bond donors (Lipinski definition) is 2. The number of fused-ring (bicyclic) bond motifs is 5. The number of hydrogen-bond acceptors (Lipinski definition) is 18. The van der Waals surface area contributed by atoms with E-state index in [4.69, 9.17) is 52.1 Å². The molecule has 2 aromatic carbocycles. The maximum atomic E-state index is 15.9. The summed E-state index contributed by atoms with van der Waals surface area (Å²) in [5.74, 6) is -5.56. The van der Waals surface area contributed by atoms with Crippen molar-refractivity contribution in [2.24, 2.45) is 16.7 Å². The van der Waals surface area contributed by atoms with Crippen molar-refractivity contribution in [3.63, 3.8) is 0 Å². The normalized spacial score (nSPS) is 30.4. The largest absolute Gasteiger partial charge is 0.509 e. The third-order valence-electron chi connectivity index (χ3n) is 16.9. The summed E-state index contributed by atoms with van der Waals surface area (Å²) in [6.07, 6.45) is -4.71. The van der Waals surface area contributed by atoms with Gasteiger partial charge in [0.2, 0.25) is 6.10 Å². The Hall–Kier alpha value is -5.44. The van der Waals surface area contributed by atoms with E-state index in [-0.39, 0.29) is 37.4 Å². The van der Waals surface area contributed by atoms with Gasteiger partial charge in [0.25, 0.3) is 0 Å². The molecule has 2 saturated heterocycles. The lowest BCUT2D eigenvalue weighted by molar-refractivity contribution is -0.347. The van der Waals surface area contributed by atoms with Crippen molar-refractivity contribution in [1.29, 1.82) is 0 Å². The SMILES string of the molecule is CCCCCC1(CCCCC)OC[C@H](COC(=O)O[C@@H](C(=O)O[C@H]2C[C@@]3(O)[C@@H](OC(=O)c4ccccc4)[C@@H]4[C@]5(OC(C)=O)CO[C@@H]5C[C@H](OC)[C@@]4(C)C(=O)[C@H](OC)C(=C2C)C3(C)C)[C@@H](NC(=O)OC(C)(C)C)c2ccccc2)O1. The average molecular weight is 1110 g/mol. The zero-order chi connectivity index (χ0) is 57.7. The van der Waals surface area contributed by atoms with Gasteiger partial charge in [-0.15, -0.1) is 0 Å². The zero-order valence-corrected chi connectivity index (χ0v) is 48.0. The molecule has 0 aromatic heterocycles. The summed E-state index contributed by atoms with van der Waals surface area (Å²) in [5.41, 5.74) is -7.34. The van der Waals surface area contributed by atoms with Gasteiger partial charge in [-0.2, -0.15) is 0 Å². The molecular formula is C60H83NO18. The van der Waals surface area contributed by atoms with Gasteiger partial charge in [-0.3, -0.25) is 9.59 Å². The number of rotatable bonds is 21. The van der Waals surface area contributed by atoms with E-state index in [1.807, 2.05) is 0 Å². The minimum absolute atomic E-state index is 0.0858. The summed E-state index contributed by atoms with van der Waals surface area (Å²) in [6.45, 7) is 16.7. The lowest BCUT2D eigenvalue weighted by Crippen LogP contribution is -2.82. The first-order chi connectivity index (χ1) is 37.3. The summed E-state index contributed by atoms with van der Waals surface area (Å²) < 4.78 is 67.9. The number of benzene rings is 2. The van der Waals surface area contributed by atoms with Crippen molar-refractivity contribution in [2.45, 2.75) is 205 Å². The van der Waals surface area contributed by atoms with E-state index >= 15 is 9.59 Å². The number of carbonyl (C=O) groups is 6. The molecule has 2 aliphatic heterocycles. The Morgan fingerprint density at radius 2 is 1.51 bits per heavy atom. The van der Waals surface area contributed by atoms with Crippen LogP contribution in [0.15, 0.2) is 71.8 Å². The predicted molar refractivity (Wildman–Crippen MR) is 285 cm³/mol. The molecule has 1 amide bonds. The van der Waals surface area contributed by atoms with Gasteiger partial charge in [-0.1, -0.05) is 102 Å². The smallest absolute Gasteiger partial charge is 0.455 e. The second kappa shape index (κ2) is 24.7. The van der Waals surface area contributed by atoms with Crippen molar-refractivity contribution < 1.29 is 86.0 Å². The van der Waals surface area contributed by atoms with Crippen molar-refractivity contribution in [3.05, 3.63) is 82.9 Å². The van der Waals surface area contributed by atoms with E-state index in [9.17, 15) is 24.3 Å². The molecule has 3 aliphatic carbocycles. The molecule has 2 aromatic rings. The number of alkyl carbamates (subject to hydrolysis) is 1. The van der Waals surface area contributed by atoms with Crippen LogP contribution in [-0.2, 0) is 66.5 Å². The van der Waals surface area contributed by atoms with Gasteiger partial charge < -0.3 is 62.5 Å². The van der Waals surface area contributed by atoms with Gasteiger partial charge in [0.1, 0.15) is 54.4 Å². The zero-order valence-electron chi connectivity index (χ0n) is 48.0. The summed E-state index contributed by atoms with van der Waals surface area (Å²) in [6, 6.07) is 14.9. The standard InChI is InChI=1S/C60H83NO18/c1-13-15-23-29-58(30-24-16-14-2)73-34-40(78-58)33-71-54(67)75-47(45(38-25-19-17-20-26-38)61-53(66)79-55(5,6)7)52(65)74-41-32-60(68)50(76-51(64)39-27-21-18-22-28-39)48-57(10,49(63)46(70-12)44(36(41)3)56(60,8)9)42(69-11)31-43-59(48,35-72-43)77-37(4)62/h17-22,25-28,40-43,45-48,50,68H,13-16,23-24,29-35H2,1-12H3,(H,61,66)/t40-,41-,42-,43+,45-,46+,47+,48-,50-,57+,59-,60+/m0/s1. The van der Waals surface area contributed by atoms with Gasteiger partial charge in [0.15, 0.2) is 17.2 Å². The highest BCUT2D eigenvalue weighted by Crippen LogP contribution is 2.65. The first-order valence-electron chi connectivity index (χ1n) is 27.9. The molecule has 436 valence electrons. The van der Waals surface area contributed by atoms with E-state index in [1.165, 1.54) is 33.3 Å². The van der Waals surface area contributed by atoms with Gasteiger partial charge in [-0.25, -0.2) is 19.2 Å². The lowest BCUT2D eigenvalue weighted by Gasteiger charge is -2.67. The Kier molecular flexibility index (Phi) is 19.2. The minimum atomic E-state index is -2.32. The number of Topliss-reactive ketones (excluding diaryl/α,β-unsaturated/α-hetero) is 1. The second-order valence-electron chi connectivity index (χ2n) is 23.5. The van der Waals surface area contributed by atoms with E-state index in [0.717, 1.165) is 38.5 Å². The molecule has 2 N–H and O–H groups in total. The summed E-state index contributed by atoms with van der Waals surface area (Å²) in [4.78, 5) is 87.2. The third kappa shape index (κ3) is 12.4. The Balaban J connectivity index is 1.32. The number of carbonyl (C=O) groups excluding carboxylic acids is 6. The van der Waals surface area contributed by atoms with Crippen LogP contribution in [0.2, 0.25) is 0 Å². The maximum absolute atomic E-state index is 15.9. The molecule has 12 atom stereocenters. The van der Waals surface area contributed by atoms with Crippen LogP contribution in [0.25, 0.3) is 0 Å². The first kappa shape index (κ1) is 61.2. The number of ketones is 1. The van der Waals surface area contributed by atoms with Crippen molar-refractivity contribution in [3.8, 4) is 0 Å². The highest BCUT2D eigenvalue weighted by molar-refractivity contribution is 5.94. The highest BCUT2D eigenvalue weighted by atomic mass is 16.8. The summed E-state index contributed by atoms with van der Waals surface area (Å²) in [7, 11) is 2.77. The summed E-state index contributed by atoms with van der Waals surface area (Å²) >= 11 is 0. The van der Waals surface area contributed by atoms with Gasteiger partial charge in [-0.05, 0) is 76.3 Å². The molecule has 19 heteroatoms. The Labute approximate surface area is 464 Å². The topological polar surface area (TPSA) is 236 Å². The molecule has 0 spiro atoms. The molecule has 2 saturated carbocycles. The Bertz CT molecular complexity index is 2520. The van der Waals surface area contributed by atoms with Crippen LogP contribution in [0.3, 0.4) is 0 Å². The minimum Gasteiger partial charge on any atom is -0.455 e. The van der Waals surface area contributed by atoms with Crippen molar-refractivity contribution in [2.75, 3.05) is 34.0 Å². The van der Waals surface area contributed by atoms with Crippen LogP contribution in [-0.4, -0.2) is 140 Å². The molecule has 5 aliphatic rings. The maximum Gasteiger partial charge on any atom is 0.509 e. The predicted octanol–water partition coefficient (Wildman–Crippen LogP) is 9.00. The number of nitrogens with one attached hydrogen (secondary N) is 1. The van der Waals surface area contributed by atoms with Crippen LogP contribution in [0.1, 0.15) is 155 Å². The van der Waals surface area contributed by atoms with Gasteiger partial charge >= 0.3 is 30.2 Å². The number of unbranched alkanes of at least 4 members (excludes halogenated alkanes) is 4. The van der Waals surface area contributed by atoms with Gasteiger partial charge in [0, 0.05) is 52.2 Å². The first-order valence-corrected chi connectivity index (χ1v) is 27.9. The molecule has 0 unspecified atom stereocenters. The van der Waals surface area contributed by atoms with E-state index in [2.05, 4.69) is 19.2 Å². The number of amides is 1. The molecule has 19 nitrogen and oxygen atoms in total. The van der Waals surface area contributed by atoms with E-state index in [1.54, 1.807) is 97.0 Å². The number of aliphatic hydroxyl groups is 1.